The molecule has 0 bridgehead atoms. The van der Waals surface area contributed by atoms with E-state index in [2.05, 4.69) is 0 Å². The van der Waals surface area contributed by atoms with Crippen molar-refractivity contribution in [2.24, 2.45) is 5.92 Å². The Morgan fingerprint density at radius 1 is 1.38 bits per heavy atom. The minimum atomic E-state index is 0.146. The molecule has 1 N–H and O–H groups in total. The van der Waals surface area contributed by atoms with Gasteiger partial charge in [0.25, 0.3) is 0 Å². The molecule has 0 radical (unpaired) electrons. The van der Waals surface area contributed by atoms with Gasteiger partial charge in [-0.3, -0.25) is 0 Å². The van der Waals surface area contributed by atoms with Crippen molar-refractivity contribution < 1.29 is 9.84 Å². The SMILES string of the molecule is CC(CO)COc1ccc(Cl)cc1. The summed E-state index contributed by atoms with van der Waals surface area (Å²) in [5.41, 5.74) is 0. The van der Waals surface area contributed by atoms with E-state index in [0.29, 0.717) is 11.6 Å². The van der Waals surface area contributed by atoms with Crippen LogP contribution in [0.5, 0.6) is 5.75 Å². The van der Waals surface area contributed by atoms with Crippen LogP contribution in [0.3, 0.4) is 0 Å². The lowest BCUT2D eigenvalue weighted by atomic mass is 10.2. The first-order valence-corrected chi connectivity index (χ1v) is 4.59. The van der Waals surface area contributed by atoms with E-state index in [4.69, 9.17) is 21.4 Å². The smallest absolute Gasteiger partial charge is 0.119 e. The van der Waals surface area contributed by atoms with Crippen molar-refractivity contribution in [3.8, 4) is 5.75 Å². The second-order valence-electron chi connectivity index (χ2n) is 3.05. The maximum absolute atomic E-state index is 8.76. The van der Waals surface area contributed by atoms with Gasteiger partial charge in [0.15, 0.2) is 0 Å². The molecule has 0 amide bonds. The van der Waals surface area contributed by atoms with Crippen molar-refractivity contribution in [1.29, 1.82) is 0 Å². The van der Waals surface area contributed by atoms with Gasteiger partial charge in [-0.2, -0.15) is 0 Å². The molecular weight excluding hydrogens is 188 g/mol. The summed E-state index contributed by atoms with van der Waals surface area (Å²) in [5.74, 6) is 0.945. The van der Waals surface area contributed by atoms with Crippen LogP contribution >= 0.6 is 11.6 Å². The standard InChI is InChI=1S/C10H13ClO2/c1-8(6-12)7-13-10-4-2-9(11)3-5-10/h2-5,8,12H,6-7H2,1H3. The van der Waals surface area contributed by atoms with Crippen molar-refractivity contribution in [3.05, 3.63) is 29.3 Å². The van der Waals surface area contributed by atoms with E-state index in [1.807, 2.05) is 19.1 Å². The van der Waals surface area contributed by atoms with Gasteiger partial charge in [-0.05, 0) is 24.3 Å². The maximum Gasteiger partial charge on any atom is 0.119 e. The van der Waals surface area contributed by atoms with E-state index in [9.17, 15) is 0 Å². The molecule has 0 saturated heterocycles. The normalized spacial score (nSPS) is 12.5. The molecule has 0 spiro atoms. The third-order valence-electron chi connectivity index (χ3n) is 1.66. The van der Waals surface area contributed by atoms with Crippen LogP contribution in [-0.4, -0.2) is 18.3 Å². The molecule has 3 heteroatoms. The first kappa shape index (κ1) is 10.4. The van der Waals surface area contributed by atoms with Gasteiger partial charge in [0, 0.05) is 17.5 Å². The van der Waals surface area contributed by atoms with Crippen molar-refractivity contribution in [3.63, 3.8) is 0 Å². The molecule has 0 aliphatic heterocycles. The van der Waals surface area contributed by atoms with E-state index in [1.165, 1.54) is 0 Å². The zero-order valence-electron chi connectivity index (χ0n) is 7.53. The largest absolute Gasteiger partial charge is 0.493 e. The monoisotopic (exact) mass is 200 g/mol. The molecule has 13 heavy (non-hydrogen) atoms. The summed E-state index contributed by atoms with van der Waals surface area (Å²) < 4.78 is 5.40. The lowest BCUT2D eigenvalue weighted by Gasteiger charge is -2.09. The molecule has 1 aromatic rings. The Hall–Kier alpha value is -0.730. The minimum absolute atomic E-state index is 0.146. The van der Waals surface area contributed by atoms with Gasteiger partial charge in [-0.15, -0.1) is 0 Å². The van der Waals surface area contributed by atoms with Gasteiger partial charge in [-0.25, -0.2) is 0 Å². The van der Waals surface area contributed by atoms with Crippen molar-refractivity contribution in [2.75, 3.05) is 13.2 Å². The van der Waals surface area contributed by atoms with Crippen molar-refractivity contribution in [2.45, 2.75) is 6.92 Å². The van der Waals surface area contributed by atoms with Gasteiger partial charge in [0.2, 0.25) is 0 Å². The first-order chi connectivity index (χ1) is 6.22. The van der Waals surface area contributed by atoms with E-state index >= 15 is 0 Å². The zero-order chi connectivity index (χ0) is 9.68. The van der Waals surface area contributed by atoms with Crippen molar-refractivity contribution >= 4 is 11.6 Å². The highest BCUT2D eigenvalue weighted by Crippen LogP contribution is 2.15. The Labute approximate surface area is 83.1 Å². The summed E-state index contributed by atoms with van der Waals surface area (Å²) in [4.78, 5) is 0. The van der Waals surface area contributed by atoms with Crippen LogP contribution in [0.2, 0.25) is 5.02 Å². The van der Waals surface area contributed by atoms with Gasteiger partial charge < -0.3 is 9.84 Å². The molecule has 0 heterocycles. The molecule has 1 atom stereocenters. The fourth-order valence-corrected chi connectivity index (χ4v) is 0.948. The summed E-state index contributed by atoms with van der Waals surface area (Å²) in [5, 5.41) is 9.45. The Morgan fingerprint density at radius 3 is 2.54 bits per heavy atom. The number of aliphatic hydroxyl groups excluding tert-OH is 1. The fraction of sp³-hybridized carbons (Fsp3) is 0.400. The van der Waals surface area contributed by atoms with Crippen molar-refractivity contribution in [1.82, 2.24) is 0 Å². The molecule has 0 saturated carbocycles. The summed E-state index contributed by atoms with van der Waals surface area (Å²) in [6.07, 6.45) is 0. The van der Waals surface area contributed by atoms with Gasteiger partial charge in [0.1, 0.15) is 5.75 Å². The average Bonchev–Trinajstić information content (AvgIpc) is 2.16. The van der Waals surface area contributed by atoms with Crippen LogP contribution in [0.1, 0.15) is 6.92 Å². The highest BCUT2D eigenvalue weighted by Gasteiger charge is 2.00. The molecule has 0 aliphatic rings. The fourth-order valence-electron chi connectivity index (χ4n) is 0.822. The first-order valence-electron chi connectivity index (χ1n) is 4.21. The molecule has 0 aromatic heterocycles. The second-order valence-corrected chi connectivity index (χ2v) is 3.49. The van der Waals surface area contributed by atoms with Gasteiger partial charge in [0.05, 0.1) is 6.61 Å². The summed E-state index contributed by atoms with van der Waals surface area (Å²) >= 11 is 5.71. The number of ether oxygens (including phenoxy) is 1. The third kappa shape index (κ3) is 3.66. The van der Waals surface area contributed by atoms with Crippen LogP contribution in [0.4, 0.5) is 0 Å². The molecule has 1 rings (SSSR count). The second kappa shape index (κ2) is 5.10. The van der Waals surface area contributed by atoms with E-state index in [0.717, 1.165) is 5.75 Å². The Balaban J connectivity index is 2.41. The van der Waals surface area contributed by atoms with Crippen LogP contribution in [0.15, 0.2) is 24.3 Å². The molecular formula is C10H13ClO2. The summed E-state index contributed by atoms with van der Waals surface area (Å²) in [6.45, 7) is 2.60. The molecule has 0 fully saturated rings. The third-order valence-corrected chi connectivity index (χ3v) is 1.91. The quantitative estimate of drug-likeness (QED) is 0.809. The van der Waals surface area contributed by atoms with Crippen LogP contribution in [0, 0.1) is 5.92 Å². The minimum Gasteiger partial charge on any atom is -0.493 e. The van der Waals surface area contributed by atoms with E-state index in [-0.39, 0.29) is 12.5 Å². The average molecular weight is 201 g/mol. The maximum atomic E-state index is 8.76. The topological polar surface area (TPSA) is 29.5 Å². The summed E-state index contributed by atoms with van der Waals surface area (Å²) in [6, 6.07) is 7.18. The zero-order valence-corrected chi connectivity index (χ0v) is 8.29. The Kier molecular flexibility index (Phi) is 4.06. The number of hydrogen-bond donors (Lipinski definition) is 1. The van der Waals surface area contributed by atoms with Crippen LogP contribution in [0.25, 0.3) is 0 Å². The van der Waals surface area contributed by atoms with Crippen LogP contribution < -0.4 is 4.74 Å². The number of benzene rings is 1. The molecule has 1 aromatic carbocycles. The highest BCUT2D eigenvalue weighted by molar-refractivity contribution is 6.30. The predicted octanol–water partition coefficient (Wildman–Crippen LogP) is 2.35. The number of hydrogen-bond acceptors (Lipinski definition) is 2. The molecule has 2 nitrogen and oxygen atoms in total. The van der Waals surface area contributed by atoms with Crippen LogP contribution in [-0.2, 0) is 0 Å². The van der Waals surface area contributed by atoms with E-state index in [1.54, 1.807) is 12.1 Å². The van der Waals surface area contributed by atoms with Gasteiger partial charge in [-0.1, -0.05) is 18.5 Å². The Morgan fingerprint density at radius 2 is 2.00 bits per heavy atom. The molecule has 72 valence electrons. The Bertz CT molecular complexity index is 246. The van der Waals surface area contributed by atoms with Gasteiger partial charge >= 0.3 is 0 Å². The molecule has 1 unspecified atom stereocenters. The number of rotatable bonds is 4. The highest BCUT2D eigenvalue weighted by atomic mass is 35.5. The lowest BCUT2D eigenvalue weighted by Crippen LogP contribution is -2.11. The predicted molar refractivity (Wildman–Crippen MR) is 53.2 cm³/mol. The number of aliphatic hydroxyl groups is 1. The summed E-state index contributed by atoms with van der Waals surface area (Å²) in [7, 11) is 0. The molecule has 0 aliphatic carbocycles. The van der Waals surface area contributed by atoms with E-state index < -0.39 is 0 Å². The lowest BCUT2D eigenvalue weighted by molar-refractivity contribution is 0.174. The number of halogens is 1.